The summed E-state index contributed by atoms with van der Waals surface area (Å²) < 4.78 is 65.9. The Labute approximate surface area is 180 Å². The number of hydrogen-bond acceptors (Lipinski definition) is 7. The third-order valence-corrected chi connectivity index (χ3v) is 6.81. The summed E-state index contributed by atoms with van der Waals surface area (Å²) in [5.74, 6) is -1.60. The van der Waals surface area contributed by atoms with Crippen molar-refractivity contribution in [2.75, 3.05) is 26.7 Å². The largest absolute Gasteiger partial charge is 0.347 e. The number of rotatable bonds is 7. The maximum atomic E-state index is 12.6. The molecular weight excluding hydrogens is 454 g/mol. The highest BCUT2D eigenvalue weighted by Crippen LogP contribution is 2.38. The van der Waals surface area contributed by atoms with Crippen LogP contribution in [0.1, 0.15) is 12.5 Å². The van der Waals surface area contributed by atoms with Crippen molar-refractivity contribution in [2.24, 2.45) is 0 Å². The Bertz CT molecular complexity index is 1330. The van der Waals surface area contributed by atoms with Crippen molar-refractivity contribution in [2.45, 2.75) is 18.8 Å². The normalized spacial score (nSPS) is 14.5. The van der Waals surface area contributed by atoms with E-state index in [9.17, 15) is 16.8 Å². The van der Waals surface area contributed by atoms with E-state index in [0.29, 0.717) is 32.4 Å². The summed E-state index contributed by atoms with van der Waals surface area (Å²) in [5.41, 5.74) is 1.22. The molecule has 8 nitrogen and oxygen atoms in total. The van der Waals surface area contributed by atoms with Crippen molar-refractivity contribution in [3.63, 3.8) is 0 Å². The molecule has 30 heavy (non-hydrogen) atoms. The SMILES string of the molecule is COC(OC)(c1ccc2c3cc(Cl)ccc3n(S(C)(=O)=O)c2c1)C(C)OS(C)(=O)=O. The molecule has 1 heterocycles. The lowest BCUT2D eigenvalue weighted by Gasteiger charge is -2.35. The molecule has 164 valence electrons. The molecule has 0 spiro atoms. The highest BCUT2D eigenvalue weighted by molar-refractivity contribution is 7.89. The molecule has 11 heteroatoms. The smallest absolute Gasteiger partial charge is 0.264 e. The van der Waals surface area contributed by atoms with Crippen LogP contribution in [0.3, 0.4) is 0 Å². The summed E-state index contributed by atoms with van der Waals surface area (Å²) >= 11 is 6.12. The molecular formula is C19H22ClNO7S2. The molecule has 0 amide bonds. The third kappa shape index (κ3) is 3.95. The van der Waals surface area contributed by atoms with E-state index in [1.54, 1.807) is 36.4 Å². The molecule has 0 aliphatic carbocycles. The van der Waals surface area contributed by atoms with Crippen molar-refractivity contribution in [3.8, 4) is 0 Å². The molecule has 3 rings (SSSR count). The minimum Gasteiger partial charge on any atom is -0.347 e. The lowest BCUT2D eigenvalue weighted by Crippen LogP contribution is -2.44. The van der Waals surface area contributed by atoms with Gasteiger partial charge in [0.05, 0.1) is 23.5 Å². The number of hydrogen-bond donors (Lipinski definition) is 0. The van der Waals surface area contributed by atoms with Gasteiger partial charge in [0.25, 0.3) is 10.1 Å². The molecule has 0 N–H and O–H groups in total. The van der Waals surface area contributed by atoms with Crippen molar-refractivity contribution in [1.29, 1.82) is 0 Å². The molecule has 0 saturated carbocycles. The molecule has 3 aromatic rings. The van der Waals surface area contributed by atoms with Crippen molar-refractivity contribution >= 4 is 53.5 Å². The van der Waals surface area contributed by atoms with Crippen molar-refractivity contribution < 1.29 is 30.5 Å². The Kier molecular flexibility index (Phi) is 5.96. The van der Waals surface area contributed by atoms with Crippen LogP contribution in [0.2, 0.25) is 5.02 Å². The van der Waals surface area contributed by atoms with E-state index >= 15 is 0 Å². The van der Waals surface area contributed by atoms with Crippen LogP contribution in [-0.2, 0) is 39.6 Å². The first-order valence-corrected chi connectivity index (χ1v) is 12.8. The van der Waals surface area contributed by atoms with E-state index in [-0.39, 0.29) is 0 Å². The van der Waals surface area contributed by atoms with Gasteiger partial charge in [0.15, 0.2) is 0 Å². The first-order valence-electron chi connectivity index (χ1n) is 8.77. The molecule has 1 unspecified atom stereocenters. The van der Waals surface area contributed by atoms with Crippen LogP contribution in [0.4, 0.5) is 0 Å². The zero-order valence-electron chi connectivity index (χ0n) is 17.0. The fourth-order valence-corrected chi connectivity index (χ4v) is 5.59. The van der Waals surface area contributed by atoms with Crippen molar-refractivity contribution in [1.82, 2.24) is 3.97 Å². The van der Waals surface area contributed by atoms with E-state index in [1.807, 2.05) is 0 Å². The first kappa shape index (κ1) is 23.0. The minimum absolute atomic E-state index is 0.372. The Morgan fingerprint density at radius 3 is 2.10 bits per heavy atom. The van der Waals surface area contributed by atoms with Gasteiger partial charge in [-0.15, -0.1) is 0 Å². The average molecular weight is 476 g/mol. The van der Waals surface area contributed by atoms with Crippen LogP contribution in [0.15, 0.2) is 36.4 Å². The molecule has 0 saturated heterocycles. The Balaban J connectivity index is 2.36. The Morgan fingerprint density at radius 2 is 1.57 bits per heavy atom. The molecule has 0 radical (unpaired) electrons. The number of methoxy groups -OCH3 is 2. The van der Waals surface area contributed by atoms with Crippen LogP contribution in [0, 0.1) is 0 Å². The summed E-state index contributed by atoms with van der Waals surface area (Å²) in [7, 11) is -4.80. The summed E-state index contributed by atoms with van der Waals surface area (Å²) in [4.78, 5) is 0. The Hall–Kier alpha value is -1.69. The van der Waals surface area contributed by atoms with E-state index in [1.165, 1.54) is 25.1 Å². The quantitative estimate of drug-likeness (QED) is 0.382. The monoisotopic (exact) mass is 475 g/mol. The minimum atomic E-state index is -3.81. The molecule has 2 aromatic carbocycles. The van der Waals surface area contributed by atoms with Gasteiger partial charge >= 0.3 is 0 Å². The fourth-order valence-electron chi connectivity index (χ4n) is 3.74. The van der Waals surface area contributed by atoms with Gasteiger partial charge in [-0.3, -0.25) is 4.18 Å². The van der Waals surface area contributed by atoms with Crippen LogP contribution >= 0.6 is 11.6 Å². The maximum Gasteiger partial charge on any atom is 0.264 e. The second-order valence-electron chi connectivity index (χ2n) is 6.94. The van der Waals surface area contributed by atoms with E-state index in [2.05, 4.69) is 0 Å². The molecule has 0 bridgehead atoms. The maximum absolute atomic E-state index is 12.6. The lowest BCUT2D eigenvalue weighted by molar-refractivity contribution is -0.257. The summed E-state index contributed by atoms with van der Waals surface area (Å²) in [5, 5.41) is 1.78. The number of ether oxygens (including phenoxy) is 2. The number of aromatic nitrogens is 1. The summed E-state index contributed by atoms with van der Waals surface area (Å²) in [6.07, 6.45) is 0.960. The zero-order valence-corrected chi connectivity index (χ0v) is 19.4. The fraction of sp³-hybridized carbons (Fsp3) is 0.368. The Morgan fingerprint density at radius 1 is 0.933 bits per heavy atom. The van der Waals surface area contributed by atoms with Crippen LogP contribution in [0.5, 0.6) is 0 Å². The van der Waals surface area contributed by atoms with Gasteiger partial charge in [-0.1, -0.05) is 23.7 Å². The van der Waals surface area contributed by atoms with Gasteiger partial charge in [-0.2, -0.15) is 8.42 Å². The highest BCUT2D eigenvalue weighted by Gasteiger charge is 2.42. The second kappa shape index (κ2) is 7.77. The van der Waals surface area contributed by atoms with Crippen LogP contribution in [0.25, 0.3) is 21.8 Å². The standard InChI is InChI=1S/C19H22ClNO7S2/c1-12(28-30(5,24)25)19(26-2,27-3)13-6-8-15-16-11-14(20)7-9-17(16)21(18(15)10-13)29(4,22)23/h6-12H,1-5H3. The van der Waals surface area contributed by atoms with Gasteiger partial charge in [-0.05, 0) is 31.2 Å². The summed E-state index contributed by atoms with van der Waals surface area (Å²) in [6, 6.07) is 9.90. The lowest BCUT2D eigenvalue weighted by atomic mass is 9.99. The molecule has 0 fully saturated rings. The number of nitrogens with zero attached hydrogens (tertiary/aromatic N) is 1. The molecule has 1 atom stereocenters. The van der Waals surface area contributed by atoms with Gasteiger partial charge in [0.2, 0.25) is 15.8 Å². The topological polar surface area (TPSA) is 101 Å². The van der Waals surface area contributed by atoms with Gasteiger partial charge in [-0.25, -0.2) is 12.4 Å². The van der Waals surface area contributed by atoms with E-state index in [4.69, 9.17) is 25.3 Å². The van der Waals surface area contributed by atoms with E-state index in [0.717, 1.165) is 12.5 Å². The third-order valence-electron chi connectivity index (χ3n) is 4.88. The van der Waals surface area contributed by atoms with Crippen LogP contribution in [-0.4, -0.2) is 53.6 Å². The predicted octanol–water partition coefficient (Wildman–Crippen LogP) is 3.07. The summed E-state index contributed by atoms with van der Waals surface area (Å²) in [6.45, 7) is 1.49. The molecule has 0 aliphatic heterocycles. The number of halogens is 1. The first-order chi connectivity index (χ1) is 13.8. The number of benzene rings is 2. The molecule has 1 aromatic heterocycles. The van der Waals surface area contributed by atoms with Gasteiger partial charge in [0.1, 0.15) is 6.10 Å². The van der Waals surface area contributed by atoms with E-state index < -0.39 is 32.0 Å². The van der Waals surface area contributed by atoms with Gasteiger partial charge in [0, 0.05) is 35.6 Å². The predicted molar refractivity (Wildman–Crippen MR) is 116 cm³/mol. The van der Waals surface area contributed by atoms with Gasteiger partial charge < -0.3 is 9.47 Å². The zero-order chi connectivity index (χ0) is 22.5. The molecule has 0 aliphatic rings. The highest BCUT2D eigenvalue weighted by atomic mass is 35.5. The second-order valence-corrected chi connectivity index (χ2v) is 10.8. The van der Waals surface area contributed by atoms with Crippen LogP contribution < -0.4 is 0 Å². The number of fused-ring (bicyclic) bond motifs is 3. The van der Waals surface area contributed by atoms with Crippen molar-refractivity contribution in [3.05, 3.63) is 47.0 Å². The average Bonchev–Trinajstić information content (AvgIpc) is 2.95.